The van der Waals surface area contributed by atoms with Crippen LogP contribution in [0.15, 0.2) is 70.1 Å². The molecule has 8 N–H and O–H groups in total. The van der Waals surface area contributed by atoms with Crippen LogP contribution in [0.2, 0.25) is 0 Å². The van der Waals surface area contributed by atoms with Gasteiger partial charge in [0.05, 0.1) is 18.3 Å². The molecule has 11 nitrogen and oxygen atoms in total. The third-order valence-corrected chi connectivity index (χ3v) is 5.85. The van der Waals surface area contributed by atoms with Crippen LogP contribution >= 0.6 is 0 Å². The van der Waals surface area contributed by atoms with Gasteiger partial charge in [-0.15, -0.1) is 0 Å². The van der Waals surface area contributed by atoms with Crippen LogP contribution in [-0.2, 0) is 17.8 Å². The van der Waals surface area contributed by atoms with Gasteiger partial charge in [0.2, 0.25) is 0 Å². The number of carbonyl (C=O) groups excluding carboxylic acids is 1. The van der Waals surface area contributed by atoms with Crippen molar-refractivity contribution in [1.82, 2.24) is 25.2 Å². The number of hydrogen-bond donors (Lipinski definition) is 6. The Morgan fingerprint density at radius 2 is 1.95 bits per heavy atom. The zero-order valence-corrected chi connectivity index (χ0v) is 23.8. The number of aliphatic hydroxyl groups excluding tert-OH is 1. The van der Waals surface area contributed by atoms with Crippen LogP contribution in [0.1, 0.15) is 45.4 Å². The number of H-pyrrole nitrogens is 1. The minimum Gasteiger partial charge on any atom is -0.394 e. The third kappa shape index (κ3) is 9.51. The number of rotatable bonds is 13. The molecule has 3 rings (SSSR count). The second-order valence-electron chi connectivity index (χ2n) is 8.80. The van der Waals surface area contributed by atoms with E-state index in [0.29, 0.717) is 36.4 Å². The molecule has 1 aromatic carbocycles. The number of aromatic nitrogens is 3. The lowest BCUT2D eigenvalue weighted by atomic mass is 10.1. The molecular formula is C29H42N8O3. The van der Waals surface area contributed by atoms with E-state index in [-0.39, 0.29) is 18.5 Å². The Hall–Kier alpha value is -4.22. The molecule has 0 aliphatic carbocycles. The highest BCUT2D eigenvalue weighted by Gasteiger charge is 2.16. The third-order valence-electron chi connectivity index (χ3n) is 5.85. The van der Waals surface area contributed by atoms with Crippen molar-refractivity contribution in [3.8, 4) is 5.69 Å². The summed E-state index contributed by atoms with van der Waals surface area (Å²) in [6.45, 7) is 9.43. The molecule has 0 spiro atoms. The second kappa shape index (κ2) is 16.7. The van der Waals surface area contributed by atoms with E-state index in [1.165, 1.54) is 4.57 Å². The number of benzene rings is 1. The van der Waals surface area contributed by atoms with Crippen molar-refractivity contribution in [1.29, 1.82) is 0 Å². The molecule has 0 aliphatic heterocycles. The lowest BCUT2D eigenvalue weighted by Crippen LogP contribution is -2.39. The molecular weight excluding hydrogens is 508 g/mol. The molecule has 0 saturated carbocycles. The van der Waals surface area contributed by atoms with Gasteiger partial charge in [0.25, 0.3) is 5.91 Å². The quantitative estimate of drug-likeness (QED) is 0.0620. The predicted molar refractivity (Wildman–Crippen MR) is 161 cm³/mol. The van der Waals surface area contributed by atoms with Gasteiger partial charge in [-0.2, -0.15) is 4.98 Å². The molecule has 40 heavy (non-hydrogen) atoms. The number of carbonyl (C=O) groups is 1. The van der Waals surface area contributed by atoms with Gasteiger partial charge >= 0.3 is 5.69 Å². The number of nitrogens with two attached hydrogens (primary N) is 2. The van der Waals surface area contributed by atoms with Crippen LogP contribution in [0.4, 0.5) is 0 Å². The number of nitrogens with zero attached hydrogens (tertiary/aromatic N) is 3. The van der Waals surface area contributed by atoms with Crippen LogP contribution < -0.4 is 27.8 Å². The molecule has 216 valence electrons. The van der Waals surface area contributed by atoms with Crippen molar-refractivity contribution in [2.24, 2.45) is 16.5 Å². The number of allylic oxidation sites excluding steroid dienone is 2. The van der Waals surface area contributed by atoms with Gasteiger partial charge < -0.3 is 32.2 Å². The molecule has 0 bridgehead atoms. The first-order chi connectivity index (χ1) is 19.3. The Balaban J connectivity index is 0.00000274. The van der Waals surface area contributed by atoms with Gasteiger partial charge in [-0.1, -0.05) is 44.2 Å². The van der Waals surface area contributed by atoms with Crippen molar-refractivity contribution in [3.05, 3.63) is 82.1 Å². The maximum absolute atomic E-state index is 12.7. The summed E-state index contributed by atoms with van der Waals surface area (Å²) in [6, 6.07) is 9.04. The monoisotopic (exact) mass is 550 g/mol. The fourth-order valence-electron chi connectivity index (χ4n) is 3.94. The number of aliphatic hydroxyl groups is 1. The number of fused-ring (bicyclic) bond motifs is 1. The average Bonchev–Trinajstić information content (AvgIpc) is 3.34. The Kier molecular flexibility index (Phi) is 13.3. The topological polar surface area (TPSA) is 176 Å². The average molecular weight is 551 g/mol. The SMILES string of the molecule is C/C=C\C(=C/C)C(=O)N[C@H](CO)Cc1cc2cn(-c3ccc(CNCCCN=C(N)N)cc3)c(=O)nc2[nH]1.CC. The molecule has 0 unspecified atom stereocenters. The minimum absolute atomic E-state index is 0.0982. The number of aliphatic imine (C=N–C) groups is 1. The largest absolute Gasteiger partial charge is 0.394 e. The standard InChI is InChI=1S/C27H36N8O3.C2H6/c1-3-6-19(4-2)25(37)33-22(17-36)14-21-13-20-16-35(27(38)34-24(20)32-21)23-9-7-18(8-10-23)15-30-11-5-12-31-26(28)29;1-2/h3-4,6-10,13,16,22,30,36H,5,11-12,14-15,17H2,1-2H3,(H,33,37)(H4,28,29,31)(H,32,34,38);1-2H3/b6-3-,19-4+;/t22-;/m0./s1. The number of nitrogens with one attached hydrogen (secondary N) is 3. The molecule has 2 heterocycles. The van der Waals surface area contributed by atoms with Crippen molar-refractivity contribution in [2.45, 2.75) is 53.1 Å². The lowest BCUT2D eigenvalue weighted by Gasteiger charge is -2.16. The predicted octanol–water partition coefficient (Wildman–Crippen LogP) is 2.04. The highest BCUT2D eigenvalue weighted by molar-refractivity contribution is 5.96. The summed E-state index contributed by atoms with van der Waals surface area (Å²) in [5, 5.41) is 16.7. The summed E-state index contributed by atoms with van der Waals surface area (Å²) < 4.78 is 1.49. The zero-order valence-electron chi connectivity index (χ0n) is 23.8. The van der Waals surface area contributed by atoms with Crippen molar-refractivity contribution in [3.63, 3.8) is 0 Å². The molecule has 2 aromatic heterocycles. The van der Waals surface area contributed by atoms with Crippen LogP contribution in [0.5, 0.6) is 0 Å². The molecule has 0 fully saturated rings. The summed E-state index contributed by atoms with van der Waals surface area (Å²) >= 11 is 0. The number of amides is 1. The van der Waals surface area contributed by atoms with Gasteiger partial charge in [-0.05, 0) is 50.6 Å². The molecule has 1 amide bonds. The number of guanidine groups is 1. The Morgan fingerprint density at radius 3 is 2.58 bits per heavy atom. The number of hydrogen-bond acceptors (Lipinski definition) is 6. The molecule has 0 aliphatic rings. The fourth-order valence-corrected chi connectivity index (χ4v) is 3.94. The highest BCUT2D eigenvalue weighted by Crippen LogP contribution is 2.16. The summed E-state index contributed by atoms with van der Waals surface area (Å²) in [7, 11) is 0. The van der Waals surface area contributed by atoms with Gasteiger partial charge in [0.1, 0.15) is 5.65 Å². The first-order valence-electron chi connectivity index (χ1n) is 13.5. The van der Waals surface area contributed by atoms with Gasteiger partial charge in [0, 0.05) is 42.4 Å². The van der Waals surface area contributed by atoms with Gasteiger partial charge in [-0.25, -0.2) is 4.79 Å². The van der Waals surface area contributed by atoms with Gasteiger partial charge in [-0.3, -0.25) is 14.4 Å². The fraction of sp³-hybridized carbons (Fsp3) is 0.379. The summed E-state index contributed by atoms with van der Waals surface area (Å²) in [5.74, 6) is -0.163. The normalized spacial score (nSPS) is 12.2. The zero-order chi connectivity index (χ0) is 29.5. The van der Waals surface area contributed by atoms with E-state index in [1.807, 2.05) is 51.1 Å². The lowest BCUT2D eigenvalue weighted by molar-refractivity contribution is -0.118. The Morgan fingerprint density at radius 1 is 1.23 bits per heavy atom. The maximum atomic E-state index is 12.7. The second-order valence-corrected chi connectivity index (χ2v) is 8.80. The smallest absolute Gasteiger partial charge is 0.354 e. The van der Waals surface area contributed by atoms with Crippen molar-refractivity contribution >= 4 is 22.9 Å². The maximum Gasteiger partial charge on any atom is 0.354 e. The molecule has 0 saturated heterocycles. The summed E-state index contributed by atoms with van der Waals surface area (Å²) in [6.07, 6.45) is 8.13. The van der Waals surface area contributed by atoms with E-state index >= 15 is 0 Å². The number of aromatic amines is 1. The van der Waals surface area contributed by atoms with E-state index in [1.54, 1.807) is 31.3 Å². The summed E-state index contributed by atoms with van der Waals surface area (Å²) in [4.78, 5) is 36.5. The first-order valence-corrected chi connectivity index (χ1v) is 13.5. The van der Waals surface area contributed by atoms with Crippen molar-refractivity contribution in [2.75, 3.05) is 19.7 Å². The highest BCUT2D eigenvalue weighted by atomic mass is 16.3. The van der Waals surface area contributed by atoms with Crippen LogP contribution in [0, 0.1) is 0 Å². The molecule has 1 atom stereocenters. The van der Waals surface area contributed by atoms with E-state index in [2.05, 4.69) is 25.6 Å². The van der Waals surface area contributed by atoms with E-state index < -0.39 is 11.7 Å². The summed E-state index contributed by atoms with van der Waals surface area (Å²) in [5.41, 5.74) is 13.7. The van der Waals surface area contributed by atoms with Crippen LogP contribution in [0.3, 0.4) is 0 Å². The van der Waals surface area contributed by atoms with Crippen molar-refractivity contribution < 1.29 is 9.90 Å². The van der Waals surface area contributed by atoms with Gasteiger partial charge in [0.15, 0.2) is 5.96 Å². The van der Waals surface area contributed by atoms with E-state index in [9.17, 15) is 14.7 Å². The van der Waals surface area contributed by atoms with E-state index in [4.69, 9.17) is 11.5 Å². The van der Waals surface area contributed by atoms with E-state index in [0.717, 1.165) is 29.6 Å². The molecule has 0 radical (unpaired) electrons. The minimum atomic E-state index is -0.498. The Labute approximate surface area is 235 Å². The van der Waals surface area contributed by atoms with Crippen LogP contribution in [-0.4, -0.2) is 57.2 Å². The first kappa shape index (κ1) is 32.0. The Bertz CT molecular complexity index is 1370. The molecule has 3 aromatic rings. The molecule has 11 heteroatoms. The van der Waals surface area contributed by atoms with Crippen LogP contribution in [0.25, 0.3) is 16.7 Å².